The molecule has 1 fully saturated rings. The third-order valence-corrected chi connectivity index (χ3v) is 4.05. The highest BCUT2D eigenvalue weighted by atomic mass is 16.5. The van der Waals surface area contributed by atoms with E-state index >= 15 is 0 Å². The summed E-state index contributed by atoms with van der Waals surface area (Å²) in [6, 6.07) is 12.3. The minimum atomic E-state index is -0.533. The highest BCUT2D eigenvalue weighted by molar-refractivity contribution is 5.94. The molecule has 1 atom stereocenters. The molecule has 1 saturated heterocycles. The number of hydrogen-bond donors (Lipinski definition) is 2. The summed E-state index contributed by atoms with van der Waals surface area (Å²) >= 11 is 0. The minimum Gasteiger partial charge on any atom is -0.439 e. The smallest absolute Gasteiger partial charge is 0.241 e. The molecule has 0 bridgehead atoms. The Bertz CT molecular complexity index is 655. The first kappa shape index (κ1) is 16.4. The SMILES string of the molecule is NC(C(=O)Nc1ccc(Oc2ccccc2)nc1)C1CCOCC1. The Labute approximate surface area is 141 Å². The number of nitrogens with zero attached hydrogens (tertiary/aromatic N) is 1. The number of aromatic nitrogens is 1. The highest BCUT2D eigenvalue weighted by Crippen LogP contribution is 2.21. The molecule has 1 aliphatic heterocycles. The van der Waals surface area contributed by atoms with E-state index in [1.54, 1.807) is 18.3 Å². The molecular weight excluding hydrogens is 306 g/mol. The summed E-state index contributed by atoms with van der Waals surface area (Å²) in [6.07, 6.45) is 3.19. The molecule has 24 heavy (non-hydrogen) atoms. The van der Waals surface area contributed by atoms with Crippen molar-refractivity contribution in [1.82, 2.24) is 4.98 Å². The van der Waals surface area contributed by atoms with Gasteiger partial charge in [-0.15, -0.1) is 0 Å². The van der Waals surface area contributed by atoms with Gasteiger partial charge in [0.1, 0.15) is 5.75 Å². The van der Waals surface area contributed by atoms with Crippen LogP contribution >= 0.6 is 0 Å². The zero-order valence-corrected chi connectivity index (χ0v) is 13.4. The maximum absolute atomic E-state index is 12.3. The van der Waals surface area contributed by atoms with Gasteiger partial charge in [0.2, 0.25) is 11.8 Å². The molecule has 0 aliphatic carbocycles. The molecule has 1 amide bonds. The fourth-order valence-electron chi connectivity index (χ4n) is 2.64. The molecule has 0 radical (unpaired) electrons. The molecule has 1 unspecified atom stereocenters. The van der Waals surface area contributed by atoms with Crippen molar-refractivity contribution in [2.75, 3.05) is 18.5 Å². The second kappa shape index (κ2) is 7.90. The quantitative estimate of drug-likeness (QED) is 0.881. The third kappa shape index (κ3) is 4.31. The predicted octanol–water partition coefficient (Wildman–Crippen LogP) is 2.57. The molecule has 1 aromatic heterocycles. The van der Waals surface area contributed by atoms with Gasteiger partial charge in [-0.25, -0.2) is 4.98 Å². The number of hydrogen-bond acceptors (Lipinski definition) is 5. The van der Waals surface area contributed by atoms with Crippen LogP contribution in [0.1, 0.15) is 12.8 Å². The van der Waals surface area contributed by atoms with Crippen molar-refractivity contribution in [1.29, 1.82) is 0 Å². The molecule has 126 valence electrons. The van der Waals surface area contributed by atoms with Crippen molar-refractivity contribution in [2.45, 2.75) is 18.9 Å². The van der Waals surface area contributed by atoms with E-state index in [4.69, 9.17) is 15.2 Å². The van der Waals surface area contributed by atoms with E-state index in [-0.39, 0.29) is 11.8 Å². The number of para-hydroxylation sites is 1. The fraction of sp³-hybridized carbons (Fsp3) is 0.333. The third-order valence-electron chi connectivity index (χ3n) is 4.05. The van der Waals surface area contributed by atoms with Gasteiger partial charge in [-0.2, -0.15) is 0 Å². The van der Waals surface area contributed by atoms with Gasteiger partial charge in [0.15, 0.2) is 0 Å². The maximum Gasteiger partial charge on any atom is 0.241 e. The first-order valence-corrected chi connectivity index (χ1v) is 8.05. The average Bonchev–Trinajstić information content (AvgIpc) is 2.64. The van der Waals surface area contributed by atoms with Crippen LogP contribution in [-0.4, -0.2) is 30.1 Å². The monoisotopic (exact) mass is 327 g/mol. The number of ether oxygens (including phenoxy) is 2. The highest BCUT2D eigenvalue weighted by Gasteiger charge is 2.26. The molecule has 2 heterocycles. The van der Waals surface area contributed by atoms with E-state index in [0.717, 1.165) is 12.8 Å². The zero-order valence-electron chi connectivity index (χ0n) is 13.4. The number of benzene rings is 1. The fourth-order valence-corrected chi connectivity index (χ4v) is 2.64. The predicted molar refractivity (Wildman–Crippen MR) is 90.9 cm³/mol. The largest absolute Gasteiger partial charge is 0.439 e. The summed E-state index contributed by atoms with van der Waals surface area (Å²) in [5, 5.41) is 2.81. The Morgan fingerprint density at radius 2 is 1.96 bits per heavy atom. The Morgan fingerprint density at radius 1 is 1.21 bits per heavy atom. The second-order valence-corrected chi connectivity index (χ2v) is 5.77. The van der Waals surface area contributed by atoms with Crippen LogP contribution in [0.4, 0.5) is 5.69 Å². The number of carbonyl (C=O) groups excluding carboxylic acids is 1. The van der Waals surface area contributed by atoms with Gasteiger partial charge < -0.3 is 20.5 Å². The first-order valence-electron chi connectivity index (χ1n) is 8.05. The van der Waals surface area contributed by atoms with Crippen LogP contribution in [0.5, 0.6) is 11.6 Å². The number of amides is 1. The standard InChI is InChI=1S/C18H21N3O3/c19-17(13-8-10-23-11-9-13)18(22)21-14-6-7-16(20-12-14)24-15-4-2-1-3-5-15/h1-7,12-13,17H,8-11,19H2,(H,21,22). The number of anilines is 1. The van der Waals surface area contributed by atoms with Gasteiger partial charge in [0.25, 0.3) is 0 Å². The molecule has 3 N–H and O–H groups in total. The minimum absolute atomic E-state index is 0.160. The lowest BCUT2D eigenvalue weighted by atomic mass is 9.92. The number of rotatable bonds is 5. The van der Waals surface area contributed by atoms with Crippen LogP contribution in [0.2, 0.25) is 0 Å². The number of pyridine rings is 1. The normalized spacial score (nSPS) is 16.4. The van der Waals surface area contributed by atoms with Crippen LogP contribution in [0, 0.1) is 5.92 Å². The van der Waals surface area contributed by atoms with E-state index in [1.807, 2.05) is 30.3 Å². The van der Waals surface area contributed by atoms with Crippen LogP contribution < -0.4 is 15.8 Å². The number of carbonyl (C=O) groups is 1. The van der Waals surface area contributed by atoms with Gasteiger partial charge in [-0.05, 0) is 37.0 Å². The molecule has 1 aromatic carbocycles. The average molecular weight is 327 g/mol. The van der Waals surface area contributed by atoms with E-state index in [2.05, 4.69) is 10.3 Å². The Kier molecular flexibility index (Phi) is 5.40. The summed E-state index contributed by atoms with van der Waals surface area (Å²) in [5.74, 6) is 1.14. The molecule has 0 spiro atoms. The summed E-state index contributed by atoms with van der Waals surface area (Å²) in [7, 11) is 0. The molecule has 1 aliphatic rings. The van der Waals surface area contributed by atoms with Gasteiger partial charge in [0.05, 0.1) is 17.9 Å². The zero-order chi connectivity index (χ0) is 16.8. The van der Waals surface area contributed by atoms with Crippen molar-refractivity contribution < 1.29 is 14.3 Å². The van der Waals surface area contributed by atoms with Gasteiger partial charge in [-0.3, -0.25) is 4.79 Å². The van der Waals surface area contributed by atoms with E-state index < -0.39 is 6.04 Å². The van der Waals surface area contributed by atoms with Gasteiger partial charge in [-0.1, -0.05) is 18.2 Å². The molecule has 3 rings (SSSR count). The van der Waals surface area contributed by atoms with Crippen molar-refractivity contribution in [3.63, 3.8) is 0 Å². The van der Waals surface area contributed by atoms with E-state index in [9.17, 15) is 4.79 Å². The number of nitrogens with two attached hydrogens (primary N) is 1. The van der Waals surface area contributed by atoms with Crippen molar-refractivity contribution in [3.8, 4) is 11.6 Å². The van der Waals surface area contributed by atoms with Gasteiger partial charge in [0, 0.05) is 19.3 Å². The molecule has 2 aromatic rings. The number of nitrogens with one attached hydrogen (secondary N) is 1. The summed E-state index contributed by atoms with van der Waals surface area (Å²) in [5.41, 5.74) is 6.66. The van der Waals surface area contributed by atoms with Crippen molar-refractivity contribution in [3.05, 3.63) is 48.7 Å². The topological polar surface area (TPSA) is 86.5 Å². The second-order valence-electron chi connectivity index (χ2n) is 5.77. The Hall–Kier alpha value is -2.44. The maximum atomic E-state index is 12.3. The van der Waals surface area contributed by atoms with Crippen molar-refractivity contribution in [2.24, 2.45) is 11.7 Å². The molecule has 6 heteroatoms. The van der Waals surface area contributed by atoms with Gasteiger partial charge >= 0.3 is 0 Å². The van der Waals surface area contributed by atoms with Crippen LogP contribution in [0.15, 0.2) is 48.7 Å². The Morgan fingerprint density at radius 3 is 2.62 bits per heavy atom. The Balaban J connectivity index is 1.56. The summed E-state index contributed by atoms with van der Waals surface area (Å²) < 4.78 is 10.9. The summed E-state index contributed by atoms with van der Waals surface area (Å²) in [4.78, 5) is 16.5. The lowest BCUT2D eigenvalue weighted by Crippen LogP contribution is -2.44. The van der Waals surface area contributed by atoms with E-state index in [1.165, 1.54) is 0 Å². The lowest BCUT2D eigenvalue weighted by Gasteiger charge is -2.26. The molecule has 0 saturated carbocycles. The molecular formula is C18H21N3O3. The van der Waals surface area contributed by atoms with Crippen molar-refractivity contribution >= 4 is 11.6 Å². The molecule has 6 nitrogen and oxygen atoms in total. The van der Waals surface area contributed by atoms with Crippen LogP contribution in [0.25, 0.3) is 0 Å². The van der Waals surface area contributed by atoms with Crippen LogP contribution in [-0.2, 0) is 9.53 Å². The first-order chi connectivity index (χ1) is 11.7. The summed E-state index contributed by atoms with van der Waals surface area (Å²) in [6.45, 7) is 1.33. The van der Waals surface area contributed by atoms with E-state index in [0.29, 0.717) is 30.5 Å². The van der Waals surface area contributed by atoms with Crippen LogP contribution in [0.3, 0.4) is 0 Å². The lowest BCUT2D eigenvalue weighted by molar-refractivity contribution is -0.119.